The van der Waals surface area contributed by atoms with Gasteiger partial charge in [0.1, 0.15) is 22.3 Å². The van der Waals surface area contributed by atoms with Crippen molar-refractivity contribution in [2.75, 3.05) is 4.90 Å². The molecule has 3 heteroatoms. The first-order valence-corrected chi connectivity index (χ1v) is 23.3. The highest BCUT2D eigenvalue weighted by Crippen LogP contribution is 2.63. The van der Waals surface area contributed by atoms with Crippen LogP contribution in [0.15, 0.2) is 221 Å². The number of nitrogens with zero attached hydrogens (tertiary/aromatic N) is 1. The van der Waals surface area contributed by atoms with Crippen LogP contribution in [0.25, 0.3) is 88.4 Å². The molecule has 0 saturated heterocycles. The van der Waals surface area contributed by atoms with Crippen molar-refractivity contribution in [2.45, 2.75) is 24.7 Å². The maximum Gasteiger partial charge on any atom is 0.136 e. The van der Waals surface area contributed by atoms with Crippen LogP contribution in [0, 0.1) is 0 Å². The quantitative estimate of drug-likeness (QED) is 0.177. The SMILES string of the molecule is CC1(C)c2ccccc2-c2ccc(N(c3ccc4c(c3)-c3ccccc3-c3ccccc3C43c4ccccc4-c4c3ccc3oc5ccccc5c43)c3ccc4oc5ccccc5c4c3)cc21. The normalized spacial score (nSPS) is 15.8. The van der Waals surface area contributed by atoms with E-state index in [1.54, 1.807) is 0 Å². The third-order valence-electron chi connectivity index (χ3n) is 15.5. The number of anilines is 3. The zero-order valence-electron chi connectivity index (χ0n) is 37.0. The van der Waals surface area contributed by atoms with E-state index in [0.717, 1.165) is 55.6 Å². The van der Waals surface area contributed by atoms with E-state index in [-0.39, 0.29) is 5.41 Å². The molecule has 0 radical (unpaired) electrons. The lowest BCUT2D eigenvalue weighted by Gasteiger charge is -2.36. The van der Waals surface area contributed by atoms with Gasteiger partial charge >= 0.3 is 0 Å². The monoisotopic (exact) mass is 855 g/mol. The van der Waals surface area contributed by atoms with Gasteiger partial charge in [-0.1, -0.05) is 166 Å². The molecular weight excluding hydrogens is 815 g/mol. The van der Waals surface area contributed by atoms with Crippen LogP contribution in [0.1, 0.15) is 47.2 Å². The summed E-state index contributed by atoms with van der Waals surface area (Å²) in [5.41, 5.74) is 23.8. The molecule has 0 aliphatic heterocycles. The lowest BCUT2D eigenvalue weighted by Crippen LogP contribution is -2.29. The summed E-state index contributed by atoms with van der Waals surface area (Å²) in [5, 5.41) is 4.52. The van der Waals surface area contributed by atoms with Crippen LogP contribution in [-0.4, -0.2) is 0 Å². The molecule has 0 saturated carbocycles. The molecule has 3 aliphatic carbocycles. The minimum atomic E-state index is -0.648. The molecule has 67 heavy (non-hydrogen) atoms. The molecule has 0 N–H and O–H groups in total. The van der Waals surface area contributed by atoms with Gasteiger partial charge in [-0.3, -0.25) is 0 Å². The Kier molecular flexibility index (Phi) is 7.22. The molecule has 0 fully saturated rings. The summed E-state index contributed by atoms with van der Waals surface area (Å²) in [5.74, 6) is 0. The van der Waals surface area contributed by atoms with Gasteiger partial charge < -0.3 is 13.7 Å². The third kappa shape index (κ3) is 4.75. The smallest absolute Gasteiger partial charge is 0.136 e. The van der Waals surface area contributed by atoms with E-state index in [2.05, 4.69) is 225 Å². The highest BCUT2D eigenvalue weighted by atomic mass is 16.3. The van der Waals surface area contributed by atoms with Gasteiger partial charge in [0, 0.05) is 44.0 Å². The maximum absolute atomic E-state index is 6.60. The van der Waals surface area contributed by atoms with E-state index in [4.69, 9.17) is 8.83 Å². The van der Waals surface area contributed by atoms with Crippen molar-refractivity contribution in [3.8, 4) is 44.5 Å². The van der Waals surface area contributed by atoms with Gasteiger partial charge in [0.05, 0.1) is 5.41 Å². The standard InChI is InChI=1S/C64H41NO2/c1-63(2)51-22-10-5-18-44(51)45-30-27-40(37-56(45)63)65(39-29-33-59-50(36-39)46-19-8-13-25-57(46)66-59)38-28-31-54-49(35-38)42-16-4-3-15-41(42)43-17-6-11-23-52(43)64(54)53-24-12-7-20-47(53)61-55(64)32-34-60-62(61)48-21-9-14-26-58(48)67-60/h3-37H,1-2H3. The number of furan rings is 2. The molecule has 314 valence electrons. The number of hydrogen-bond acceptors (Lipinski definition) is 3. The molecule has 3 aliphatic rings. The van der Waals surface area contributed by atoms with E-state index in [1.165, 1.54) is 83.3 Å². The molecule has 2 aromatic heterocycles. The number of fused-ring (bicyclic) bond motifs is 22. The number of benzene rings is 10. The van der Waals surface area contributed by atoms with Crippen molar-refractivity contribution < 1.29 is 8.83 Å². The topological polar surface area (TPSA) is 29.5 Å². The second kappa shape index (κ2) is 13.1. The van der Waals surface area contributed by atoms with Crippen molar-refractivity contribution in [3.05, 3.63) is 246 Å². The number of para-hydroxylation sites is 2. The fourth-order valence-electron chi connectivity index (χ4n) is 12.7. The molecule has 1 unspecified atom stereocenters. The summed E-state index contributed by atoms with van der Waals surface area (Å²) in [6, 6.07) is 78.6. The van der Waals surface area contributed by atoms with Crippen LogP contribution < -0.4 is 4.90 Å². The lowest BCUT2D eigenvalue weighted by molar-refractivity contribution is 0.660. The molecule has 1 spiro atoms. The second-order valence-corrected chi connectivity index (χ2v) is 19.1. The minimum absolute atomic E-state index is 0.168. The summed E-state index contributed by atoms with van der Waals surface area (Å²) < 4.78 is 13.0. The lowest BCUT2D eigenvalue weighted by atomic mass is 9.66. The van der Waals surface area contributed by atoms with Crippen LogP contribution in [0.5, 0.6) is 0 Å². The summed E-state index contributed by atoms with van der Waals surface area (Å²) >= 11 is 0. The molecule has 10 aromatic carbocycles. The van der Waals surface area contributed by atoms with E-state index in [1.807, 2.05) is 6.07 Å². The second-order valence-electron chi connectivity index (χ2n) is 19.1. The summed E-state index contributed by atoms with van der Waals surface area (Å²) in [6.07, 6.45) is 0. The summed E-state index contributed by atoms with van der Waals surface area (Å²) in [7, 11) is 0. The zero-order chi connectivity index (χ0) is 44.2. The average molecular weight is 856 g/mol. The first-order chi connectivity index (χ1) is 33.0. The average Bonchev–Trinajstić information content (AvgIpc) is 4.08. The maximum atomic E-state index is 6.60. The predicted molar refractivity (Wildman–Crippen MR) is 275 cm³/mol. The molecule has 15 rings (SSSR count). The summed E-state index contributed by atoms with van der Waals surface area (Å²) in [6.45, 7) is 4.73. The Hall–Kier alpha value is -8.40. The van der Waals surface area contributed by atoms with Gasteiger partial charge in [-0.2, -0.15) is 0 Å². The Bertz CT molecular complexity index is 4110. The highest BCUT2D eigenvalue weighted by Gasteiger charge is 2.50. The van der Waals surface area contributed by atoms with Crippen molar-refractivity contribution in [1.29, 1.82) is 0 Å². The Labute approximate surface area is 387 Å². The van der Waals surface area contributed by atoms with Gasteiger partial charge in [0.2, 0.25) is 0 Å². The van der Waals surface area contributed by atoms with E-state index < -0.39 is 5.41 Å². The third-order valence-corrected chi connectivity index (χ3v) is 15.5. The van der Waals surface area contributed by atoms with Gasteiger partial charge in [0.15, 0.2) is 0 Å². The van der Waals surface area contributed by atoms with Crippen LogP contribution in [0.3, 0.4) is 0 Å². The Morgan fingerprint density at radius 2 is 0.791 bits per heavy atom. The van der Waals surface area contributed by atoms with Gasteiger partial charge in [-0.15, -0.1) is 0 Å². The van der Waals surface area contributed by atoms with E-state index in [9.17, 15) is 0 Å². The van der Waals surface area contributed by atoms with Gasteiger partial charge in [-0.05, 0) is 139 Å². The molecular formula is C64H41NO2. The molecule has 0 amide bonds. The largest absolute Gasteiger partial charge is 0.456 e. The highest BCUT2D eigenvalue weighted by molar-refractivity contribution is 6.16. The molecule has 12 aromatic rings. The molecule has 3 nitrogen and oxygen atoms in total. The van der Waals surface area contributed by atoms with Crippen molar-refractivity contribution in [2.24, 2.45) is 0 Å². The van der Waals surface area contributed by atoms with Crippen LogP contribution in [0.4, 0.5) is 17.1 Å². The number of rotatable bonds is 3. The summed E-state index contributed by atoms with van der Waals surface area (Å²) in [4.78, 5) is 2.46. The van der Waals surface area contributed by atoms with Crippen molar-refractivity contribution >= 4 is 60.9 Å². The van der Waals surface area contributed by atoms with Gasteiger partial charge in [0.25, 0.3) is 0 Å². The van der Waals surface area contributed by atoms with Gasteiger partial charge in [-0.25, -0.2) is 0 Å². The van der Waals surface area contributed by atoms with Crippen molar-refractivity contribution in [1.82, 2.24) is 0 Å². The number of hydrogen-bond donors (Lipinski definition) is 0. The van der Waals surface area contributed by atoms with Crippen LogP contribution in [0.2, 0.25) is 0 Å². The fourth-order valence-corrected chi connectivity index (χ4v) is 12.7. The Morgan fingerprint density at radius 3 is 1.58 bits per heavy atom. The molecule has 0 bridgehead atoms. The fraction of sp³-hybridized carbons (Fsp3) is 0.0625. The zero-order valence-corrected chi connectivity index (χ0v) is 37.0. The van der Waals surface area contributed by atoms with Crippen LogP contribution >= 0.6 is 0 Å². The molecule has 2 heterocycles. The Morgan fingerprint density at radius 1 is 0.313 bits per heavy atom. The van der Waals surface area contributed by atoms with Crippen LogP contribution in [-0.2, 0) is 10.8 Å². The first kappa shape index (κ1) is 36.9. The van der Waals surface area contributed by atoms with Crippen molar-refractivity contribution in [3.63, 3.8) is 0 Å². The minimum Gasteiger partial charge on any atom is -0.456 e. The Balaban J connectivity index is 1.04. The van der Waals surface area contributed by atoms with E-state index in [0.29, 0.717) is 0 Å². The predicted octanol–water partition coefficient (Wildman–Crippen LogP) is 17.3. The van der Waals surface area contributed by atoms with E-state index >= 15 is 0 Å². The first-order valence-electron chi connectivity index (χ1n) is 23.3. The molecule has 1 atom stereocenters.